The van der Waals surface area contributed by atoms with Crippen LogP contribution in [0.15, 0.2) is 24.3 Å². The van der Waals surface area contributed by atoms with Crippen molar-refractivity contribution in [2.24, 2.45) is 5.73 Å². The van der Waals surface area contributed by atoms with Crippen molar-refractivity contribution in [2.45, 2.75) is 19.3 Å². The van der Waals surface area contributed by atoms with Crippen LogP contribution in [0.5, 0.6) is 5.75 Å². The molecule has 0 saturated heterocycles. The third-order valence-corrected chi connectivity index (χ3v) is 5.73. The molecule has 1 amide bonds. The highest BCUT2D eigenvalue weighted by atomic mass is 32.1. The molecule has 0 aliphatic heterocycles. The third kappa shape index (κ3) is 2.69. The van der Waals surface area contributed by atoms with Gasteiger partial charge in [-0.2, -0.15) is 0 Å². The van der Waals surface area contributed by atoms with Gasteiger partial charge in [-0.25, -0.2) is 4.98 Å². The SMILES string of the molecule is COCOc1ccc(-c2c3c(nc4sc(C(N)=O)c(N)c24)CCC3)cc1. The first kappa shape index (κ1) is 16.8. The Morgan fingerprint density at radius 3 is 2.73 bits per heavy atom. The number of aryl methyl sites for hydroxylation is 1. The minimum Gasteiger partial charge on any atom is -0.468 e. The number of nitrogens with two attached hydrogens (primary N) is 2. The molecule has 0 fully saturated rings. The molecule has 26 heavy (non-hydrogen) atoms. The predicted molar refractivity (Wildman–Crippen MR) is 103 cm³/mol. The number of nitrogens with zero attached hydrogens (tertiary/aromatic N) is 1. The van der Waals surface area contributed by atoms with Gasteiger partial charge in [0, 0.05) is 18.2 Å². The largest absolute Gasteiger partial charge is 0.468 e. The molecule has 1 aromatic carbocycles. The number of hydrogen-bond donors (Lipinski definition) is 2. The number of primary amides is 1. The molecule has 4 N–H and O–H groups in total. The van der Waals surface area contributed by atoms with Gasteiger partial charge in [0.25, 0.3) is 5.91 Å². The number of benzene rings is 1. The molecule has 7 heteroatoms. The first-order chi connectivity index (χ1) is 12.6. The Morgan fingerprint density at radius 1 is 1.27 bits per heavy atom. The molecule has 4 rings (SSSR count). The Hall–Kier alpha value is -2.64. The fraction of sp³-hybridized carbons (Fsp3) is 0.263. The topological polar surface area (TPSA) is 100 Å². The molecule has 0 radical (unpaired) electrons. The van der Waals surface area contributed by atoms with Crippen LogP contribution in [0.25, 0.3) is 21.3 Å². The Balaban J connectivity index is 1.91. The van der Waals surface area contributed by atoms with Crippen LogP contribution < -0.4 is 16.2 Å². The summed E-state index contributed by atoms with van der Waals surface area (Å²) in [5, 5.41) is 0.829. The number of ether oxygens (including phenoxy) is 2. The number of amides is 1. The summed E-state index contributed by atoms with van der Waals surface area (Å²) in [6.45, 7) is 0.202. The Kier molecular flexibility index (Phi) is 4.26. The van der Waals surface area contributed by atoms with Gasteiger partial charge in [-0.05, 0) is 48.1 Å². The van der Waals surface area contributed by atoms with Gasteiger partial charge in [-0.3, -0.25) is 4.79 Å². The molecule has 0 unspecified atom stereocenters. The van der Waals surface area contributed by atoms with Crippen LogP contribution in [-0.2, 0) is 17.6 Å². The van der Waals surface area contributed by atoms with Gasteiger partial charge in [0.05, 0.1) is 5.69 Å². The molecule has 2 aromatic heterocycles. The number of carbonyl (C=O) groups is 1. The standard InChI is InChI=1S/C19H19N3O3S/c1-24-9-25-11-7-5-10(6-8-11)14-12-3-2-4-13(12)22-19-15(14)16(20)17(26-19)18(21)23/h5-8H,2-4,9,20H2,1H3,(H2,21,23). The second kappa shape index (κ2) is 6.59. The van der Waals surface area contributed by atoms with E-state index in [0.29, 0.717) is 10.6 Å². The molecule has 1 aliphatic carbocycles. The number of carbonyl (C=O) groups excluding carboxylic acids is 1. The van der Waals surface area contributed by atoms with Crippen molar-refractivity contribution in [3.8, 4) is 16.9 Å². The summed E-state index contributed by atoms with van der Waals surface area (Å²) >= 11 is 1.27. The van der Waals surface area contributed by atoms with Crippen molar-refractivity contribution in [1.29, 1.82) is 0 Å². The number of thiophene rings is 1. The van der Waals surface area contributed by atoms with Crippen LogP contribution in [0.2, 0.25) is 0 Å². The van der Waals surface area contributed by atoms with E-state index in [1.165, 1.54) is 16.9 Å². The lowest BCUT2D eigenvalue weighted by atomic mass is 9.96. The Morgan fingerprint density at radius 2 is 2.04 bits per heavy atom. The quantitative estimate of drug-likeness (QED) is 0.673. The van der Waals surface area contributed by atoms with E-state index in [4.69, 9.17) is 25.9 Å². The summed E-state index contributed by atoms with van der Waals surface area (Å²) in [6.07, 6.45) is 2.97. The second-order valence-corrected chi connectivity index (χ2v) is 7.23. The summed E-state index contributed by atoms with van der Waals surface area (Å²) in [5.74, 6) is 0.216. The van der Waals surface area contributed by atoms with Crippen LogP contribution in [0.1, 0.15) is 27.3 Å². The van der Waals surface area contributed by atoms with E-state index in [1.54, 1.807) is 7.11 Å². The third-order valence-electron chi connectivity index (χ3n) is 4.61. The number of pyridine rings is 1. The van der Waals surface area contributed by atoms with E-state index in [0.717, 1.165) is 52.0 Å². The van der Waals surface area contributed by atoms with Crippen LogP contribution >= 0.6 is 11.3 Å². The molecule has 2 heterocycles. The van der Waals surface area contributed by atoms with Gasteiger partial charge in [-0.1, -0.05) is 12.1 Å². The summed E-state index contributed by atoms with van der Waals surface area (Å²) in [7, 11) is 1.58. The number of nitrogen functional groups attached to an aromatic ring is 1. The summed E-state index contributed by atoms with van der Waals surface area (Å²) < 4.78 is 10.4. The van der Waals surface area contributed by atoms with Gasteiger partial charge in [-0.15, -0.1) is 11.3 Å². The lowest BCUT2D eigenvalue weighted by Gasteiger charge is -2.12. The number of aromatic nitrogens is 1. The van der Waals surface area contributed by atoms with Crippen molar-refractivity contribution in [3.63, 3.8) is 0 Å². The minimum absolute atomic E-state index is 0.202. The van der Waals surface area contributed by atoms with Gasteiger partial charge >= 0.3 is 0 Å². The fourth-order valence-corrected chi connectivity index (χ4v) is 4.47. The first-order valence-corrected chi connectivity index (χ1v) is 9.17. The average molecular weight is 369 g/mol. The molecule has 0 spiro atoms. The number of methoxy groups -OCH3 is 1. The van der Waals surface area contributed by atoms with Crippen LogP contribution in [0.4, 0.5) is 5.69 Å². The van der Waals surface area contributed by atoms with Crippen molar-refractivity contribution in [1.82, 2.24) is 4.98 Å². The zero-order chi connectivity index (χ0) is 18.3. The Bertz CT molecular complexity index is 996. The molecular formula is C19H19N3O3S. The van der Waals surface area contributed by atoms with Crippen molar-refractivity contribution >= 4 is 33.1 Å². The van der Waals surface area contributed by atoms with Gasteiger partial charge in [0.15, 0.2) is 6.79 Å². The molecule has 6 nitrogen and oxygen atoms in total. The van der Waals surface area contributed by atoms with E-state index in [2.05, 4.69) is 0 Å². The van der Waals surface area contributed by atoms with E-state index in [-0.39, 0.29) is 6.79 Å². The summed E-state index contributed by atoms with van der Waals surface area (Å²) in [4.78, 5) is 17.6. The molecule has 0 atom stereocenters. The van der Waals surface area contributed by atoms with Gasteiger partial charge < -0.3 is 20.9 Å². The van der Waals surface area contributed by atoms with Crippen molar-refractivity contribution in [3.05, 3.63) is 40.4 Å². The monoisotopic (exact) mass is 369 g/mol. The van der Waals surface area contributed by atoms with E-state index in [9.17, 15) is 4.79 Å². The predicted octanol–water partition coefficient (Wildman–Crippen LogP) is 3.12. The molecule has 0 saturated carbocycles. The average Bonchev–Trinajstić information content (AvgIpc) is 3.23. The van der Waals surface area contributed by atoms with Gasteiger partial charge in [0.1, 0.15) is 15.5 Å². The lowest BCUT2D eigenvalue weighted by molar-refractivity contribution is 0.0511. The lowest BCUT2D eigenvalue weighted by Crippen LogP contribution is -2.10. The zero-order valence-electron chi connectivity index (χ0n) is 14.4. The van der Waals surface area contributed by atoms with Crippen LogP contribution in [-0.4, -0.2) is 24.8 Å². The zero-order valence-corrected chi connectivity index (χ0v) is 15.2. The number of anilines is 1. The first-order valence-electron chi connectivity index (χ1n) is 8.36. The molecule has 1 aliphatic rings. The Labute approximate surface area is 154 Å². The molecule has 3 aromatic rings. The minimum atomic E-state index is -0.514. The van der Waals surface area contributed by atoms with Crippen molar-refractivity contribution in [2.75, 3.05) is 19.6 Å². The number of rotatable bonds is 5. The molecular weight excluding hydrogens is 350 g/mol. The normalized spacial score (nSPS) is 13.1. The smallest absolute Gasteiger partial charge is 0.260 e. The summed E-state index contributed by atoms with van der Waals surface area (Å²) in [6, 6.07) is 7.80. The van der Waals surface area contributed by atoms with Crippen LogP contribution in [0.3, 0.4) is 0 Å². The van der Waals surface area contributed by atoms with Crippen LogP contribution in [0, 0.1) is 0 Å². The van der Waals surface area contributed by atoms with Gasteiger partial charge in [0.2, 0.25) is 0 Å². The maximum atomic E-state index is 11.7. The number of fused-ring (bicyclic) bond motifs is 2. The highest BCUT2D eigenvalue weighted by Crippen LogP contribution is 2.44. The maximum absolute atomic E-state index is 11.7. The second-order valence-electron chi connectivity index (χ2n) is 6.23. The van der Waals surface area contributed by atoms with E-state index < -0.39 is 5.91 Å². The van der Waals surface area contributed by atoms with E-state index in [1.807, 2.05) is 24.3 Å². The van der Waals surface area contributed by atoms with E-state index >= 15 is 0 Å². The molecule has 0 bridgehead atoms. The molecule has 134 valence electrons. The maximum Gasteiger partial charge on any atom is 0.260 e. The summed E-state index contributed by atoms with van der Waals surface area (Å²) in [5.41, 5.74) is 16.6. The highest BCUT2D eigenvalue weighted by Gasteiger charge is 2.25. The highest BCUT2D eigenvalue weighted by molar-refractivity contribution is 7.21. The number of hydrogen-bond acceptors (Lipinski definition) is 6. The van der Waals surface area contributed by atoms with Crippen molar-refractivity contribution < 1.29 is 14.3 Å². The fourth-order valence-electron chi connectivity index (χ4n) is 3.49.